The number of nitrogens with two attached hydrogens (primary N) is 1. The summed E-state index contributed by atoms with van der Waals surface area (Å²) in [6, 6.07) is 0. The van der Waals surface area contributed by atoms with Gasteiger partial charge in [0, 0.05) is 38.8 Å². The highest BCUT2D eigenvalue weighted by atomic mass is 16.5. The summed E-state index contributed by atoms with van der Waals surface area (Å²) in [6.45, 7) is 5.84. The van der Waals surface area contributed by atoms with Crippen molar-refractivity contribution in [3.63, 3.8) is 0 Å². The molecule has 0 aromatic heterocycles. The Morgan fingerprint density at radius 2 is 2.00 bits per heavy atom. The van der Waals surface area contributed by atoms with Gasteiger partial charge in [-0.2, -0.15) is 0 Å². The second-order valence-electron chi connectivity index (χ2n) is 6.58. The number of nitrogens with zero attached hydrogens (tertiary/aromatic N) is 1. The van der Waals surface area contributed by atoms with Crippen molar-refractivity contribution >= 4 is 0 Å². The van der Waals surface area contributed by atoms with Gasteiger partial charge in [-0.25, -0.2) is 0 Å². The molecule has 3 unspecified atom stereocenters. The Morgan fingerprint density at radius 3 is 2.67 bits per heavy atom. The number of hydrogen-bond acceptors (Lipinski definition) is 4. The summed E-state index contributed by atoms with van der Waals surface area (Å²) >= 11 is 0. The molecule has 0 amide bonds. The van der Waals surface area contributed by atoms with Crippen molar-refractivity contribution in [2.24, 2.45) is 23.0 Å². The normalized spacial score (nSPS) is 40.0. The van der Waals surface area contributed by atoms with E-state index in [1.54, 1.807) is 0 Å². The predicted molar refractivity (Wildman–Crippen MR) is 70.2 cm³/mol. The highest BCUT2D eigenvalue weighted by molar-refractivity contribution is 4.96. The molecule has 4 nitrogen and oxygen atoms in total. The molecule has 3 N–H and O–H groups in total. The topological polar surface area (TPSA) is 58.7 Å². The van der Waals surface area contributed by atoms with Crippen LogP contribution < -0.4 is 5.73 Å². The lowest BCUT2D eigenvalue weighted by Crippen LogP contribution is -2.45. The van der Waals surface area contributed by atoms with Gasteiger partial charge in [0.1, 0.15) is 0 Å². The zero-order chi connectivity index (χ0) is 12.6. The maximum atomic E-state index is 9.97. The van der Waals surface area contributed by atoms with Crippen molar-refractivity contribution < 1.29 is 9.84 Å². The van der Waals surface area contributed by atoms with Gasteiger partial charge in [0.2, 0.25) is 0 Å². The minimum Gasteiger partial charge on any atom is -0.393 e. The molecule has 2 aliphatic heterocycles. The van der Waals surface area contributed by atoms with Crippen molar-refractivity contribution in [1.82, 2.24) is 4.90 Å². The first-order chi connectivity index (χ1) is 8.72. The number of ether oxygens (including phenoxy) is 1. The number of likely N-dealkylation sites (tertiary alicyclic amines) is 1. The van der Waals surface area contributed by atoms with E-state index in [2.05, 4.69) is 4.90 Å². The molecule has 3 fully saturated rings. The lowest BCUT2D eigenvalue weighted by Gasteiger charge is -2.39. The van der Waals surface area contributed by atoms with E-state index in [1.165, 1.54) is 13.0 Å². The Balaban J connectivity index is 1.60. The summed E-state index contributed by atoms with van der Waals surface area (Å²) < 4.78 is 5.47. The van der Waals surface area contributed by atoms with E-state index < -0.39 is 0 Å². The van der Waals surface area contributed by atoms with Gasteiger partial charge in [-0.1, -0.05) is 0 Å². The van der Waals surface area contributed by atoms with E-state index in [0.29, 0.717) is 5.92 Å². The molecule has 18 heavy (non-hydrogen) atoms. The molecule has 0 bridgehead atoms. The van der Waals surface area contributed by atoms with E-state index in [9.17, 15) is 5.11 Å². The molecule has 1 aliphatic carbocycles. The van der Waals surface area contributed by atoms with Crippen LogP contribution >= 0.6 is 0 Å². The lowest BCUT2D eigenvalue weighted by molar-refractivity contribution is 0.00111. The molecule has 3 aliphatic rings. The third kappa shape index (κ3) is 2.31. The van der Waals surface area contributed by atoms with Crippen LogP contribution in [0.5, 0.6) is 0 Å². The van der Waals surface area contributed by atoms with Crippen LogP contribution in [-0.4, -0.2) is 55.5 Å². The van der Waals surface area contributed by atoms with Crippen LogP contribution in [0.3, 0.4) is 0 Å². The summed E-state index contributed by atoms with van der Waals surface area (Å²) in [5, 5.41) is 9.97. The van der Waals surface area contributed by atoms with Crippen LogP contribution in [0.25, 0.3) is 0 Å². The molecular formula is C14H26N2O2. The zero-order valence-electron chi connectivity index (χ0n) is 11.2. The van der Waals surface area contributed by atoms with Gasteiger partial charge < -0.3 is 20.5 Å². The summed E-state index contributed by atoms with van der Waals surface area (Å²) in [6.07, 6.45) is 4.36. The minimum absolute atomic E-state index is 0.0523. The maximum absolute atomic E-state index is 9.97. The smallest absolute Gasteiger partial charge is 0.0583 e. The summed E-state index contributed by atoms with van der Waals surface area (Å²) in [4.78, 5) is 2.55. The Hall–Kier alpha value is -0.160. The van der Waals surface area contributed by atoms with Crippen molar-refractivity contribution in [3.8, 4) is 0 Å². The first kappa shape index (κ1) is 12.9. The molecular weight excluding hydrogens is 228 g/mol. The van der Waals surface area contributed by atoms with E-state index in [-0.39, 0.29) is 11.5 Å². The lowest BCUT2D eigenvalue weighted by atomic mass is 9.80. The molecule has 2 heterocycles. The third-order valence-corrected chi connectivity index (χ3v) is 5.44. The molecule has 104 valence electrons. The van der Waals surface area contributed by atoms with E-state index >= 15 is 0 Å². The van der Waals surface area contributed by atoms with Gasteiger partial charge in [0.25, 0.3) is 0 Å². The summed E-state index contributed by atoms with van der Waals surface area (Å²) in [5.41, 5.74) is 6.29. The van der Waals surface area contributed by atoms with Crippen LogP contribution in [-0.2, 0) is 4.74 Å². The Labute approximate surface area is 109 Å². The van der Waals surface area contributed by atoms with Crippen molar-refractivity contribution in [3.05, 3.63) is 0 Å². The second-order valence-corrected chi connectivity index (χ2v) is 6.58. The Bertz CT molecular complexity index is 292. The minimum atomic E-state index is -0.0523. The van der Waals surface area contributed by atoms with Crippen LogP contribution in [0.15, 0.2) is 0 Å². The summed E-state index contributed by atoms with van der Waals surface area (Å²) in [5.74, 6) is 1.26. The highest BCUT2D eigenvalue weighted by Gasteiger charge is 2.44. The summed E-state index contributed by atoms with van der Waals surface area (Å²) in [7, 11) is 0. The van der Waals surface area contributed by atoms with Gasteiger partial charge in [-0.05, 0) is 43.6 Å². The van der Waals surface area contributed by atoms with Gasteiger partial charge in [-0.15, -0.1) is 0 Å². The SMILES string of the molecule is NCC1(CN2CC3CCC(O)C3C2)CCOCC1. The van der Waals surface area contributed by atoms with Gasteiger partial charge >= 0.3 is 0 Å². The number of aliphatic hydroxyl groups is 1. The fraction of sp³-hybridized carbons (Fsp3) is 1.00. The van der Waals surface area contributed by atoms with Gasteiger partial charge in [-0.3, -0.25) is 0 Å². The van der Waals surface area contributed by atoms with Crippen molar-refractivity contribution in [2.45, 2.75) is 31.8 Å². The number of aliphatic hydroxyl groups excluding tert-OH is 1. The average molecular weight is 254 g/mol. The number of hydrogen-bond donors (Lipinski definition) is 2. The Kier molecular flexibility index (Phi) is 3.63. The molecule has 1 saturated carbocycles. The molecule has 3 atom stereocenters. The molecule has 4 heteroatoms. The number of fused-ring (bicyclic) bond motifs is 1. The first-order valence-corrected chi connectivity index (χ1v) is 7.41. The van der Waals surface area contributed by atoms with Gasteiger partial charge in [0.15, 0.2) is 0 Å². The Morgan fingerprint density at radius 1 is 1.22 bits per heavy atom. The average Bonchev–Trinajstić information content (AvgIpc) is 2.93. The van der Waals surface area contributed by atoms with E-state index in [1.807, 2.05) is 0 Å². The number of rotatable bonds is 3. The fourth-order valence-corrected chi connectivity index (χ4v) is 4.16. The maximum Gasteiger partial charge on any atom is 0.0583 e. The quantitative estimate of drug-likeness (QED) is 0.767. The molecule has 3 rings (SSSR count). The van der Waals surface area contributed by atoms with E-state index in [4.69, 9.17) is 10.5 Å². The monoisotopic (exact) mass is 254 g/mol. The van der Waals surface area contributed by atoms with Crippen LogP contribution in [0.4, 0.5) is 0 Å². The fourth-order valence-electron chi connectivity index (χ4n) is 4.16. The zero-order valence-corrected chi connectivity index (χ0v) is 11.2. The molecule has 0 aromatic carbocycles. The first-order valence-electron chi connectivity index (χ1n) is 7.41. The van der Waals surface area contributed by atoms with Crippen LogP contribution in [0.1, 0.15) is 25.7 Å². The highest BCUT2D eigenvalue weighted by Crippen LogP contribution is 2.40. The molecule has 2 saturated heterocycles. The van der Waals surface area contributed by atoms with Crippen LogP contribution in [0, 0.1) is 17.3 Å². The van der Waals surface area contributed by atoms with Crippen molar-refractivity contribution in [2.75, 3.05) is 39.4 Å². The third-order valence-electron chi connectivity index (χ3n) is 5.44. The molecule has 0 radical (unpaired) electrons. The second kappa shape index (κ2) is 5.08. The molecule has 0 spiro atoms. The predicted octanol–water partition coefficient (Wildman–Crippen LogP) is 0.445. The largest absolute Gasteiger partial charge is 0.393 e. The standard InChI is InChI=1S/C14H26N2O2/c15-9-14(3-5-18-6-4-14)10-16-7-11-1-2-13(17)12(11)8-16/h11-13,17H,1-10,15H2. The van der Waals surface area contributed by atoms with E-state index in [0.717, 1.165) is 58.0 Å². The van der Waals surface area contributed by atoms with Crippen LogP contribution in [0.2, 0.25) is 0 Å². The van der Waals surface area contributed by atoms with Crippen molar-refractivity contribution in [1.29, 1.82) is 0 Å². The van der Waals surface area contributed by atoms with Gasteiger partial charge in [0.05, 0.1) is 6.10 Å². The molecule has 0 aromatic rings.